The van der Waals surface area contributed by atoms with Crippen molar-refractivity contribution in [2.75, 3.05) is 20.1 Å². The number of rotatable bonds is 2. The van der Waals surface area contributed by atoms with Crippen LogP contribution in [-0.4, -0.2) is 41.1 Å². The van der Waals surface area contributed by atoms with Gasteiger partial charge >= 0.3 is 0 Å². The van der Waals surface area contributed by atoms with Gasteiger partial charge in [0.1, 0.15) is 0 Å². The van der Waals surface area contributed by atoms with Gasteiger partial charge in [-0.2, -0.15) is 4.98 Å². The summed E-state index contributed by atoms with van der Waals surface area (Å²) in [6, 6.07) is 9.01. The third kappa shape index (κ3) is 3.20. The topological polar surface area (TPSA) is 66.5 Å². The van der Waals surface area contributed by atoms with Crippen LogP contribution in [0.15, 0.2) is 33.8 Å². The SMILES string of the molecule is CN=C(NCc1noc(C)n1)N1CCCC2(CCCc3ccccc32)C1. The van der Waals surface area contributed by atoms with Gasteiger partial charge in [0.05, 0.1) is 6.54 Å². The molecular weight excluding hydrogens is 326 g/mol. The summed E-state index contributed by atoms with van der Waals surface area (Å²) in [7, 11) is 1.85. The molecule has 2 heterocycles. The monoisotopic (exact) mass is 353 g/mol. The molecule has 0 radical (unpaired) electrons. The molecule has 6 heteroatoms. The molecule has 1 atom stereocenters. The van der Waals surface area contributed by atoms with Crippen molar-refractivity contribution in [3.8, 4) is 0 Å². The summed E-state index contributed by atoms with van der Waals surface area (Å²) in [5.41, 5.74) is 3.35. The van der Waals surface area contributed by atoms with E-state index in [1.165, 1.54) is 37.7 Å². The maximum atomic E-state index is 5.05. The fourth-order valence-electron chi connectivity index (χ4n) is 4.65. The van der Waals surface area contributed by atoms with Crippen LogP contribution in [0.25, 0.3) is 0 Å². The molecule has 0 saturated carbocycles. The third-order valence-corrected chi connectivity index (χ3v) is 5.75. The van der Waals surface area contributed by atoms with Gasteiger partial charge in [0.15, 0.2) is 11.8 Å². The minimum Gasteiger partial charge on any atom is -0.349 e. The Kier molecular flexibility index (Phi) is 4.66. The number of aryl methyl sites for hydroxylation is 2. The van der Waals surface area contributed by atoms with Crippen LogP contribution in [0.3, 0.4) is 0 Å². The molecule has 1 saturated heterocycles. The lowest BCUT2D eigenvalue weighted by Crippen LogP contribution is -2.53. The van der Waals surface area contributed by atoms with E-state index in [0.29, 0.717) is 18.3 Å². The van der Waals surface area contributed by atoms with Crippen molar-refractivity contribution in [1.29, 1.82) is 0 Å². The number of aliphatic imine (C=N–C) groups is 1. The van der Waals surface area contributed by atoms with Crippen molar-refractivity contribution in [2.24, 2.45) is 4.99 Å². The van der Waals surface area contributed by atoms with Crippen LogP contribution >= 0.6 is 0 Å². The zero-order valence-corrected chi connectivity index (χ0v) is 15.7. The molecule has 1 spiro atoms. The first-order valence-corrected chi connectivity index (χ1v) is 9.53. The second-order valence-corrected chi connectivity index (χ2v) is 7.45. The number of nitrogens with one attached hydrogen (secondary N) is 1. The first-order valence-electron chi connectivity index (χ1n) is 9.53. The van der Waals surface area contributed by atoms with Crippen molar-refractivity contribution in [2.45, 2.75) is 51.0 Å². The van der Waals surface area contributed by atoms with E-state index >= 15 is 0 Å². The van der Waals surface area contributed by atoms with Crippen LogP contribution in [-0.2, 0) is 18.4 Å². The summed E-state index contributed by atoms with van der Waals surface area (Å²) in [4.78, 5) is 11.2. The van der Waals surface area contributed by atoms with Gasteiger partial charge in [-0.3, -0.25) is 4.99 Å². The summed E-state index contributed by atoms with van der Waals surface area (Å²) < 4.78 is 5.05. The molecule has 2 aliphatic rings. The van der Waals surface area contributed by atoms with Crippen LogP contribution in [0.5, 0.6) is 0 Å². The van der Waals surface area contributed by atoms with Gasteiger partial charge in [-0.05, 0) is 43.2 Å². The van der Waals surface area contributed by atoms with E-state index in [1.54, 1.807) is 12.5 Å². The Labute approximate surface area is 154 Å². The Hall–Kier alpha value is -2.37. The summed E-state index contributed by atoms with van der Waals surface area (Å²) in [5.74, 6) is 2.18. The number of likely N-dealkylation sites (tertiary alicyclic amines) is 1. The number of piperidine rings is 1. The Morgan fingerprint density at radius 1 is 1.31 bits per heavy atom. The molecule has 1 fully saturated rings. The zero-order valence-electron chi connectivity index (χ0n) is 15.7. The average molecular weight is 353 g/mol. The summed E-state index contributed by atoms with van der Waals surface area (Å²) in [6.45, 7) is 4.40. The molecule has 1 aromatic carbocycles. The third-order valence-electron chi connectivity index (χ3n) is 5.75. The van der Waals surface area contributed by atoms with Crippen molar-refractivity contribution in [3.05, 3.63) is 47.1 Å². The lowest BCUT2D eigenvalue weighted by Gasteiger charge is -2.47. The van der Waals surface area contributed by atoms with E-state index in [4.69, 9.17) is 4.52 Å². The lowest BCUT2D eigenvalue weighted by atomic mass is 9.66. The van der Waals surface area contributed by atoms with Crippen molar-refractivity contribution in [1.82, 2.24) is 20.4 Å². The van der Waals surface area contributed by atoms with Crippen LogP contribution < -0.4 is 5.32 Å². The second kappa shape index (κ2) is 7.09. The predicted molar refractivity (Wildman–Crippen MR) is 101 cm³/mol. The fraction of sp³-hybridized carbons (Fsp3) is 0.550. The smallest absolute Gasteiger partial charge is 0.223 e. The molecule has 2 aromatic rings. The van der Waals surface area contributed by atoms with E-state index in [-0.39, 0.29) is 5.41 Å². The van der Waals surface area contributed by atoms with Gasteiger partial charge in [-0.1, -0.05) is 29.4 Å². The standard InChI is InChI=1S/C20H27N5O/c1-15-23-18(24-26-15)13-22-19(21-2)25-12-6-11-20(14-25)10-5-8-16-7-3-4-9-17(16)20/h3-4,7,9H,5-6,8,10-14H2,1-2H3,(H,21,22). The highest BCUT2D eigenvalue weighted by Crippen LogP contribution is 2.43. The molecule has 0 amide bonds. The maximum Gasteiger partial charge on any atom is 0.223 e. The number of hydrogen-bond acceptors (Lipinski definition) is 4. The molecule has 1 unspecified atom stereocenters. The highest BCUT2D eigenvalue weighted by Gasteiger charge is 2.40. The van der Waals surface area contributed by atoms with Gasteiger partial charge in [0.2, 0.25) is 5.89 Å². The fourth-order valence-corrected chi connectivity index (χ4v) is 4.65. The highest BCUT2D eigenvalue weighted by molar-refractivity contribution is 5.80. The van der Waals surface area contributed by atoms with Crippen molar-refractivity contribution >= 4 is 5.96 Å². The molecule has 6 nitrogen and oxygen atoms in total. The highest BCUT2D eigenvalue weighted by atomic mass is 16.5. The molecule has 1 aromatic heterocycles. The van der Waals surface area contributed by atoms with Crippen LogP contribution in [0.4, 0.5) is 0 Å². The lowest BCUT2D eigenvalue weighted by molar-refractivity contribution is 0.188. The minimum atomic E-state index is 0.257. The van der Waals surface area contributed by atoms with E-state index in [1.807, 2.05) is 7.05 Å². The molecule has 138 valence electrons. The molecule has 0 bridgehead atoms. The van der Waals surface area contributed by atoms with Gasteiger partial charge in [0, 0.05) is 32.5 Å². The Bertz CT molecular complexity index is 799. The summed E-state index contributed by atoms with van der Waals surface area (Å²) >= 11 is 0. The number of aromatic nitrogens is 2. The van der Waals surface area contributed by atoms with Crippen LogP contribution in [0, 0.1) is 6.92 Å². The Balaban J connectivity index is 1.51. The van der Waals surface area contributed by atoms with Gasteiger partial charge in [-0.25, -0.2) is 0 Å². The van der Waals surface area contributed by atoms with Crippen molar-refractivity contribution in [3.63, 3.8) is 0 Å². The molecular formula is C20H27N5O. The average Bonchev–Trinajstić information content (AvgIpc) is 3.08. The van der Waals surface area contributed by atoms with E-state index in [2.05, 4.69) is 49.6 Å². The first kappa shape index (κ1) is 17.1. The minimum absolute atomic E-state index is 0.257. The molecule has 4 rings (SSSR count). The number of fused-ring (bicyclic) bond motifs is 2. The predicted octanol–water partition coefficient (Wildman–Crippen LogP) is 2.82. The first-order chi connectivity index (χ1) is 12.7. The number of hydrogen-bond donors (Lipinski definition) is 1. The summed E-state index contributed by atoms with van der Waals surface area (Å²) in [5, 5.41) is 7.36. The van der Waals surface area contributed by atoms with Gasteiger partial charge < -0.3 is 14.7 Å². The largest absolute Gasteiger partial charge is 0.349 e. The Morgan fingerprint density at radius 2 is 2.15 bits per heavy atom. The maximum absolute atomic E-state index is 5.05. The molecule has 1 aliphatic carbocycles. The van der Waals surface area contributed by atoms with E-state index in [9.17, 15) is 0 Å². The number of guanidine groups is 1. The quantitative estimate of drug-likeness (QED) is 0.664. The van der Waals surface area contributed by atoms with Gasteiger partial charge in [-0.15, -0.1) is 0 Å². The number of benzene rings is 1. The summed E-state index contributed by atoms with van der Waals surface area (Å²) in [6.07, 6.45) is 6.21. The van der Waals surface area contributed by atoms with Gasteiger partial charge in [0.25, 0.3) is 0 Å². The van der Waals surface area contributed by atoms with E-state index < -0.39 is 0 Å². The molecule has 1 N–H and O–H groups in total. The van der Waals surface area contributed by atoms with Crippen molar-refractivity contribution < 1.29 is 4.52 Å². The normalized spacial score (nSPS) is 23.2. The Morgan fingerprint density at radius 3 is 2.96 bits per heavy atom. The van der Waals surface area contributed by atoms with Crippen LogP contribution in [0.2, 0.25) is 0 Å². The number of nitrogens with zero attached hydrogens (tertiary/aromatic N) is 4. The molecule has 26 heavy (non-hydrogen) atoms. The second-order valence-electron chi connectivity index (χ2n) is 7.45. The molecule has 1 aliphatic heterocycles. The zero-order chi connectivity index (χ0) is 18.0. The van der Waals surface area contributed by atoms with E-state index in [0.717, 1.165) is 19.0 Å². The van der Waals surface area contributed by atoms with Crippen LogP contribution in [0.1, 0.15) is 48.5 Å².